The molecular weight excluding hydrogens is 184 g/mol. The molecule has 0 aromatic carbocycles. The molecule has 0 amide bonds. The second-order valence-electron chi connectivity index (χ2n) is 2.66. The van der Waals surface area contributed by atoms with Crippen molar-refractivity contribution in [2.24, 2.45) is 0 Å². The van der Waals surface area contributed by atoms with Crippen molar-refractivity contribution in [2.45, 2.75) is 39.0 Å². The van der Waals surface area contributed by atoms with E-state index in [1.807, 2.05) is 0 Å². The fourth-order valence-electron chi connectivity index (χ4n) is 0.753. The van der Waals surface area contributed by atoms with Crippen LogP contribution >= 0.6 is 24.4 Å². The van der Waals surface area contributed by atoms with Crippen LogP contribution in [0.15, 0.2) is 0 Å². The molecule has 0 heterocycles. The Kier molecular flexibility index (Phi) is 11.5. The molecule has 12 heavy (non-hydrogen) atoms. The van der Waals surface area contributed by atoms with Crippen molar-refractivity contribution in [1.29, 1.82) is 0 Å². The van der Waals surface area contributed by atoms with Crippen molar-refractivity contribution < 1.29 is 0 Å². The zero-order valence-corrected chi connectivity index (χ0v) is 9.52. The van der Waals surface area contributed by atoms with E-state index < -0.39 is 0 Å². The second kappa shape index (κ2) is 11.3. The summed E-state index contributed by atoms with van der Waals surface area (Å²) in [6, 6.07) is 0. The molecule has 0 atom stereocenters. The summed E-state index contributed by atoms with van der Waals surface area (Å²) in [6.45, 7) is 2.22. The normalized spacial score (nSPS) is 9.17. The van der Waals surface area contributed by atoms with Crippen LogP contribution in [0.4, 0.5) is 0 Å². The lowest BCUT2D eigenvalue weighted by molar-refractivity contribution is 0.737. The fourth-order valence-corrected chi connectivity index (χ4v) is 1.72. The highest BCUT2D eigenvalue weighted by atomic mass is 32.2. The lowest BCUT2D eigenvalue weighted by Gasteiger charge is -1.89. The number of hydrogen-bond acceptors (Lipinski definition) is 2. The van der Waals surface area contributed by atoms with Crippen LogP contribution in [0.5, 0.6) is 0 Å². The van der Waals surface area contributed by atoms with Crippen molar-refractivity contribution in [3.05, 3.63) is 0 Å². The van der Waals surface area contributed by atoms with Gasteiger partial charge in [0, 0.05) is 12.2 Å². The van der Waals surface area contributed by atoms with Gasteiger partial charge < -0.3 is 0 Å². The number of unbranched alkanes of at least 4 members (excludes halogenated alkanes) is 3. The molecule has 0 fully saturated rings. The Bertz CT molecular complexity index is 119. The average Bonchev–Trinajstić information content (AvgIpc) is 2.10. The zero-order valence-electron chi connectivity index (χ0n) is 7.81. The van der Waals surface area contributed by atoms with E-state index >= 15 is 0 Å². The summed E-state index contributed by atoms with van der Waals surface area (Å²) in [7, 11) is 0. The van der Waals surface area contributed by atoms with E-state index in [0.29, 0.717) is 0 Å². The molecule has 0 N–H and O–H groups in total. The van der Waals surface area contributed by atoms with E-state index in [1.165, 1.54) is 19.3 Å². The van der Waals surface area contributed by atoms with E-state index in [1.54, 1.807) is 11.8 Å². The number of thiol groups is 1. The molecule has 0 aliphatic carbocycles. The van der Waals surface area contributed by atoms with Gasteiger partial charge in [0.25, 0.3) is 0 Å². The molecule has 0 saturated heterocycles. The van der Waals surface area contributed by atoms with Crippen LogP contribution in [0.2, 0.25) is 0 Å². The first-order valence-corrected chi connectivity index (χ1v) is 6.24. The van der Waals surface area contributed by atoms with Gasteiger partial charge in [0.15, 0.2) is 0 Å². The first kappa shape index (κ1) is 12.3. The van der Waals surface area contributed by atoms with E-state index in [9.17, 15) is 0 Å². The largest absolute Gasteiger partial charge is 0.179 e. The maximum atomic E-state index is 4.13. The summed E-state index contributed by atoms with van der Waals surface area (Å²) < 4.78 is 0. The predicted molar refractivity (Wildman–Crippen MR) is 62.8 cm³/mol. The first-order valence-electron chi connectivity index (χ1n) is 4.62. The minimum Gasteiger partial charge on any atom is -0.179 e. The molecule has 2 heteroatoms. The van der Waals surface area contributed by atoms with E-state index in [2.05, 4.69) is 30.7 Å². The minimum atomic E-state index is 0.977. The van der Waals surface area contributed by atoms with Crippen LogP contribution < -0.4 is 0 Å². The third-order valence-corrected chi connectivity index (χ3v) is 2.55. The van der Waals surface area contributed by atoms with Crippen LogP contribution in [0.25, 0.3) is 0 Å². The molecule has 0 spiro atoms. The van der Waals surface area contributed by atoms with Crippen molar-refractivity contribution in [2.75, 3.05) is 11.5 Å². The maximum absolute atomic E-state index is 4.13. The van der Waals surface area contributed by atoms with Gasteiger partial charge in [-0.25, -0.2) is 0 Å². The summed E-state index contributed by atoms with van der Waals surface area (Å²) in [5.41, 5.74) is 0. The van der Waals surface area contributed by atoms with Crippen LogP contribution in [-0.2, 0) is 0 Å². The Morgan fingerprint density at radius 2 is 2.08 bits per heavy atom. The van der Waals surface area contributed by atoms with Gasteiger partial charge in [0.05, 0.1) is 0 Å². The summed E-state index contributed by atoms with van der Waals surface area (Å²) in [4.78, 5) is 0. The maximum Gasteiger partial charge on any atom is 0.00976 e. The highest BCUT2D eigenvalue weighted by Gasteiger charge is 1.82. The van der Waals surface area contributed by atoms with Gasteiger partial charge in [-0.3, -0.25) is 0 Å². The Morgan fingerprint density at radius 1 is 1.25 bits per heavy atom. The van der Waals surface area contributed by atoms with Gasteiger partial charge in [0.2, 0.25) is 0 Å². The molecule has 0 aromatic heterocycles. The summed E-state index contributed by atoms with van der Waals surface area (Å²) >= 11 is 5.86. The molecule has 70 valence electrons. The van der Waals surface area contributed by atoms with Crippen molar-refractivity contribution >= 4 is 24.4 Å². The molecule has 0 nitrogen and oxygen atoms in total. The van der Waals surface area contributed by atoms with Gasteiger partial charge in [-0.2, -0.15) is 12.6 Å². The summed E-state index contributed by atoms with van der Waals surface area (Å²) in [5.74, 6) is 5.27. The van der Waals surface area contributed by atoms with Crippen molar-refractivity contribution in [1.82, 2.24) is 0 Å². The predicted octanol–water partition coefficient (Wildman–Crippen LogP) is 3.58. The Labute approximate surface area is 86.3 Å². The quantitative estimate of drug-likeness (QED) is 0.390. The molecule has 0 rings (SSSR count). The smallest absolute Gasteiger partial charge is 0.00976 e. The number of hydrogen-bond donors (Lipinski definition) is 1. The number of thioether (sulfide) groups is 1. The molecule has 0 saturated carbocycles. The van der Waals surface area contributed by atoms with Gasteiger partial charge in [0.1, 0.15) is 0 Å². The lowest BCUT2D eigenvalue weighted by Crippen LogP contribution is -1.77. The van der Waals surface area contributed by atoms with Crippen LogP contribution in [0, 0.1) is 11.2 Å². The topological polar surface area (TPSA) is 0 Å². The summed E-state index contributed by atoms with van der Waals surface area (Å²) in [6.07, 6.45) is 6.10. The molecule has 0 aliphatic heterocycles. The minimum absolute atomic E-state index is 0.977. The Morgan fingerprint density at radius 3 is 2.75 bits per heavy atom. The van der Waals surface area contributed by atoms with Gasteiger partial charge in [-0.1, -0.05) is 37.4 Å². The molecule has 0 aromatic rings. The Hall–Kier alpha value is 0.260. The third-order valence-electron chi connectivity index (χ3n) is 1.45. The monoisotopic (exact) mass is 202 g/mol. The number of rotatable bonds is 6. The standard InChI is InChI=1S/C10H18S2/c1-2-3-4-5-6-9-12-10-7-8-11/h11H,2-5,7-8,10H2,1H3. The highest BCUT2D eigenvalue weighted by Crippen LogP contribution is 2.02. The first-order chi connectivity index (χ1) is 5.91. The van der Waals surface area contributed by atoms with Crippen LogP contribution in [0.1, 0.15) is 39.0 Å². The van der Waals surface area contributed by atoms with E-state index in [0.717, 1.165) is 24.3 Å². The van der Waals surface area contributed by atoms with Crippen LogP contribution in [-0.4, -0.2) is 11.5 Å². The van der Waals surface area contributed by atoms with Crippen molar-refractivity contribution in [3.63, 3.8) is 0 Å². The lowest BCUT2D eigenvalue weighted by atomic mass is 10.2. The highest BCUT2D eigenvalue weighted by molar-refractivity contribution is 8.03. The van der Waals surface area contributed by atoms with Gasteiger partial charge in [-0.15, -0.1) is 0 Å². The zero-order chi connectivity index (χ0) is 9.07. The van der Waals surface area contributed by atoms with Gasteiger partial charge >= 0.3 is 0 Å². The SMILES string of the molecule is CCCCCC#CSCCCS. The van der Waals surface area contributed by atoms with E-state index in [4.69, 9.17) is 0 Å². The average molecular weight is 202 g/mol. The molecule has 0 radical (unpaired) electrons. The Balaban J connectivity index is 3.01. The van der Waals surface area contributed by atoms with Crippen molar-refractivity contribution in [3.8, 4) is 11.2 Å². The molecule has 0 unspecified atom stereocenters. The third kappa shape index (κ3) is 10.3. The van der Waals surface area contributed by atoms with Gasteiger partial charge in [-0.05, 0) is 23.8 Å². The molecular formula is C10H18S2. The summed E-state index contributed by atoms with van der Waals surface area (Å²) in [5, 5.41) is 3.11. The van der Waals surface area contributed by atoms with Crippen LogP contribution in [0.3, 0.4) is 0 Å². The molecule has 0 bridgehead atoms. The molecule has 0 aliphatic rings. The fraction of sp³-hybridized carbons (Fsp3) is 0.800. The van der Waals surface area contributed by atoms with E-state index in [-0.39, 0.29) is 0 Å². The second-order valence-corrected chi connectivity index (χ2v) is 4.01.